The first-order valence-corrected chi connectivity index (χ1v) is 15.8. The number of hydrogen-bond donors (Lipinski definition) is 1. The van der Waals surface area contributed by atoms with Crippen LogP contribution in [-0.4, -0.2) is 46.4 Å². The zero-order valence-corrected chi connectivity index (χ0v) is 24.5. The molecule has 1 N–H and O–H groups in total. The number of ketones is 1. The molecular weight excluding hydrogens is 534 g/mol. The summed E-state index contributed by atoms with van der Waals surface area (Å²) in [5.41, 5.74) is 5.41. The minimum Gasteiger partial charge on any atom is -0.508 e. The molecule has 214 valence electrons. The number of nitrogens with zero attached hydrogens (tertiary/aromatic N) is 3. The molecule has 0 spiro atoms. The Hall–Kier alpha value is -3.88. The average molecular weight is 572 g/mol. The van der Waals surface area contributed by atoms with Crippen molar-refractivity contribution in [1.29, 1.82) is 0 Å². The van der Waals surface area contributed by atoms with Crippen molar-refractivity contribution in [2.24, 2.45) is 0 Å². The molecule has 7 nitrogen and oxygen atoms in total. The number of carbonyl (C=O) groups excluding carboxylic acids is 1. The lowest BCUT2D eigenvalue weighted by Crippen LogP contribution is -2.30. The van der Waals surface area contributed by atoms with E-state index in [1.165, 1.54) is 10.6 Å². The molecule has 0 unspecified atom stereocenters. The van der Waals surface area contributed by atoms with Gasteiger partial charge in [-0.1, -0.05) is 54.6 Å². The van der Waals surface area contributed by atoms with Crippen LogP contribution in [0, 0.1) is 6.92 Å². The van der Waals surface area contributed by atoms with Gasteiger partial charge >= 0.3 is 0 Å². The molecule has 0 aliphatic heterocycles. The largest absolute Gasteiger partial charge is 0.508 e. The maximum Gasteiger partial charge on any atom is 0.211 e. The summed E-state index contributed by atoms with van der Waals surface area (Å²) in [6.07, 6.45) is 7.07. The van der Waals surface area contributed by atoms with Crippen LogP contribution in [0.2, 0.25) is 0 Å². The number of sulfonamides is 1. The van der Waals surface area contributed by atoms with E-state index < -0.39 is 10.0 Å². The molecule has 0 saturated heterocycles. The van der Waals surface area contributed by atoms with E-state index in [1.54, 1.807) is 18.3 Å². The summed E-state index contributed by atoms with van der Waals surface area (Å²) >= 11 is 0. The fourth-order valence-corrected chi connectivity index (χ4v) is 5.63. The van der Waals surface area contributed by atoms with Gasteiger partial charge in [0.15, 0.2) is 5.78 Å². The van der Waals surface area contributed by atoms with Gasteiger partial charge in [0.25, 0.3) is 0 Å². The molecule has 0 bridgehead atoms. The van der Waals surface area contributed by atoms with Crippen LogP contribution in [0.5, 0.6) is 5.75 Å². The van der Waals surface area contributed by atoms with Gasteiger partial charge in [0.2, 0.25) is 10.0 Å². The van der Waals surface area contributed by atoms with Gasteiger partial charge in [-0.2, -0.15) is 4.31 Å². The minimum atomic E-state index is -3.43. The lowest BCUT2D eigenvalue weighted by Gasteiger charge is -2.20. The molecule has 0 amide bonds. The highest BCUT2D eigenvalue weighted by Gasteiger charge is 2.18. The number of hydrogen-bond acceptors (Lipinski definition) is 6. The van der Waals surface area contributed by atoms with Crippen LogP contribution in [0.15, 0.2) is 85.1 Å². The van der Waals surface area contributed by atoms with Crippen molar-refractivity contribution < 1.29 is 18.3 Å². The summed E-state index contributed by atoms with van der Waals surface area (Å²) in [6.45, 7) is 2.53. The van der Waals surface area contributed by atoms with Crippen molar-refractivity contribution >= 4 is 15.8 Å². The highest BCUT2D eigenvalue weighted by atomic mass is 32.2. The molecule has 0 radical (unpaired) electrons. The number of unbranched alkanes of at least 4 members (excludes halogenated alkanes) is 1. The predicted molar refractivity (Wildman–Crippen MR) is 162 cm³/mol. The van der Waals surface area contributed by atoms with E-state index in [0.29, 0.717) is 25.8 Å². The Bertz CT molecular complexity index is 1570. The fraction of sp³-hybridized carbons (Fsp3) is 0.303. The highest BCUT2D eigenvalue weighted by Crippen LogP contribution is 2.21. The van der Waals surface area contributed by atoms with Crippen LogP contribution in [0.3, 0.4) is 0 Å². The third-order valence-electron chi connectivity index (χ3n) is 7.07. The molecule has 4 aromatic rings. The third kappa shape index (κ3) is 9.06. The van der Waals surface area contributed by atoms with Gasteiger partial charge in [-0.25, -0.2) is 18.4 Å². The number of carbonyl (C=O) groups is 1. The summed E-state index contributed by atoms with van der Waals surface area (Å²) in [4.78, 5) is 21.8. The second-order valence-electron chi connectivity index (χ2n) is 10.4. The monoisotopic (exact) mass is 571 g/mol. The number of Topliss-reactive ketones (excluding diaryl/α,β-unsaturated/α-hetero) is 1. The Morgan fingerprint density at radius 2 is 1.66 bits per heavy atom. The van der Waals surface area contributed by atoms with Crippen LogP contribution >= 0.6 is 0 Å². The van der Waals surface area contributed by atoms with Gasteiger partial charge in [0, 0.05) is 43.3 Å². The molecule has 4 rings (SSSR count). The predicted octanol–water partition coefficient (Wildman–Crippen LogP) is 6.15. The Labute approximate surface area is 243 Å². The summed E-state index contributed by atoms with van der Waals surface area (Å²) in [5, 5.41) is 9.45. The summed E-state index contributed by atoms with van der Waals surface area (Å²) in [5.74, 6) is 1.10. The molecule has 8 heteroatoms. The van der Waals surface area contributed by atoms with Crippen molar-refractivity contribution in [1.82, 2.24) is 14.3 Å². The van der Waals surface area contributed by atoms with E-state index in [9.17, 15) is 18.3 Å². The second-order valence-corrected chi connectivity index (χ2v) is 12.4. The van der Waals surface area contributed by atoms with E-state index in [1.807, 2.05) is 73.7 Å². The second kappa shape index (κ2) is 14.1. The molecule has 0 aliphatic rings. The van der Waals surface area contributed by atoms with Gasteiger partial charge in [-0.3, -0.25) is 4.79 Å². The smallest absolute Gasteiger partial charge is 0.211 e. The lowest BCUT2D eigenvalue weighted by atomic mass is 10.0. The van der Waals surface area contributed by atoms with Gasteiger partial charge in [-0.15, -0.1) is 0 Å². The van der Waals surface area contributed by atoms with Gasteiger partial charge in [0.05, 0.1) is 11.9 Å². The Balaban J connectivity index is 1.34. The van der Waals surface area contributed by atoms with E-state index in [4.69, 9.17) is 4.98 Å². The topological polar surface area (TPSA) is 100 Å². The van der Waals surface area contributed by atoms with Crippen molar-refractivity contribution in [3.05, 3.63) is 113 Å². The fourth-order valence-electron chi connectivity index (χ4n) is 4.78. The number of aryl methyl sites for hydroxylation is 3. The van der Waals surface area contributed by atoms with Crippen LogP contribution in [0.4, 0.5) is 0 Å². The number of phenols is 1. The van der Waals surface area contributed by atoms with Crippen molar-refractivity contribution in [2.45, 2.75) is 52.0 Å². The van der Waals surface area contributed by atoms with Gasteiger partial charge in [0.1, 0.15) is 11.6 Å². The van der Waals surface area contributed by atoms with Crippen molar-refractivity contribution in [3.63, 3.8) is 0 Å². The number of benzene rings is 3. The number of rotatable bonds is 14. The Morgan fingerprint density at radius 3 is 2.41 bits per heavy atom. The molecule has 0 aliphatic carbocycles. The maximum absolute atomic E-state index is 12.6. The maximum atomic E-state index is 12.6. The Kier molecular flexibility index (Phi) is 10.4. The highest BCUT2D eigenvalue weighted by molar-refractivity contribution is 7.88. The van der Waals surface area contributed by atoms with Gasteiger partial charge in [-0.05, 0) is 73.6 Å². The van der Waals surface area contributed by atoms with Gasteiger partial charge < -0.3 is 5.11 Å². The number of phenolic OH excluding ortho intramolecular Hbond substituents is 1. The molecule has 0 fully saturated rings. The number of aromatic hydroxyl groups is 1. The van der Waals surface area contributed by atoms with E-state index >= 15 is 0 Å². The van der Waals surface area contributed by atoms with Crippen molar-refractivity contribution in [3.8, 4) is 17.0 Å². The molecule has 1 heterocycles. The first kappa shape index (κ1) is 30.1. The van der Waals surface area contributed by atoms with Crippen LogP contribution in [-0.2, 0) is 29.4 Å². The SMILES string of the molecule is Cc1ccccc1C(=O)CCCCN(Cc1cccc(-c2ccnc(CCCc3ccc(O)cc3)n2)c1)S(C)(=O)=O. The standard InChI is InChI=1S/C33H37N3O4S/c1-25-9-3-4-13-30(25)32(38)14-5-6-22-36(41(2,39)40)24-27-11-7-12-28(23-27)31-20-21-34-33(35-31)15-8-10-26-16-18-29(37)19-17-26/h3-4,7,9,11-13,16-21,23,37H,5-6,8,10,14-15,22,24H2,1-2H3. The first-order valence-electron chi connectivity index (χ1n) is 13.9. The zero-order chi connectivity index (χ0) is 29.2. The molecule has 41 heavy (non-hydrogen) atoms. The van der Waals surface area contributed by atoms with Crippen LogP contribution in [0.25, 0.3) is 11.3 Å². The lowest BCUT2D eigenvalue weighted by molar-refractivity contribution is 0.0978. The minimum absolute atomic E-state index is 0.0891. The summed E-state index contributed by atoms with van der Waals surface area (Å²) < 4.78 is 26.6. The summed E-state index contributed by atoms with van der Waals surface area (Å²) in [7, 11) is -3.43. The molecule has 1 aromatic heterocycles. The average Bonchev–Trinajstić information content (AvgIpc) is 2.95. The number of aromatic nitrogens is 2. The molecule has 3 aromatic carbocycles. The summed E-state index contributed by atoms with van der Waals surface area (Å²) in [6, 6.07) is 24.4. The van der Waals surface area contributed by atoms with E-state index in [0.717, 1.165) is 58.6 Å². The van der Waals surface area contributed by atoms with E-state index in [2.05, 4.69) is 4.98 Å². The Morgan fingerprint density at radius 1 is 0.878 bits per heavy atom. The van der Waals surface area contributed by atoms with Crippen LogP contribution in [0.1, 0.15) is 58.6 Å². The normalized spacial score (nSPS) is 11.6. The molecular formula is C33H37N3O4S. The van der Waals surface area contributed by atoms with E-state index in [-0.39, 0.29) is 18.1 Å². The quantitative estimate of drug-likeness (QED) is 0.144. The molecule has 0 atom stereocenters. The third-order valence-corrected chi connectivity index (χ3v) is 8.31. The first-order chi connectivity index (χ1) is 19.7. The van der Waals surface area contributed by atoms with Crippen molar-refractivity contribution in [2.75, 3.05) is 12.8 Å². The molecule has 0 saturated carbocycles. The van der Waals surface area contributed by atoms with Crippen LogP contribution < -0.4 is 0 Å². The zero-order valence-electron chi connectivity index (χ0n) is 23.7.